The van der Waals surface area contributed by atoms with Crippen LogP contribution < -0.4 is 23.7 Å². The average Bonchev–Trinajstić information content (AvgIpc) is 0.887. The molecule has 0 fully saturated rings. The molecule has 0 atom stereocenters. The van der Waals surface area contributed by atoms with Crippen molar-refractivity contribution in [3.05, 3.63) is 255 Å². The minimum absolute atomic E-state index is 0.697. The molecule has 0 amide bonds. The number of hydrogen-bond donors (Lipinski definition) is 0. The molecule has 632 valence electrons. The number of ether oxygens (including phenoxy) is 5. The molecule has 121 heavy (non-hydrogen) atoms. The molecule has 29 heteroatoms. The van der Waals surface area contributed by atoms with Crippen molar-refractivity contribution in [3.63, 3.8) is 0 Å². The molecule has 10 rings (SSSR count). The topological polar surface area (TPSA) is 270 Å². The third-order valence-electron chi connectivity index (χ3n) is 18.7. The van der Waals surface area contributed by atoms with E-state index in [1.54, 1.807) is 0 Å². The lowest BCUT2D eigenvalue weighted by molar-refractivity contribution is 0.306. The maximum Gasteiger partial charge on any atom is 0.127 e. The first kappa shape index (κ1) is 89.7. The van der Waals surface area contributed by atoms with Crippen molar-refractivity contribution in [1.29, 1.82) is 0 Å². The summed E-state index contributed by atoms with van der Waals surface area (Å²) in [6.45, 7) is 6.51. The predicted octanol–water partition coefficient (Wildman–Crippen LogP) is 27.1. The number of unbranched alkanes of at least 4 members (excludes halogenated alkanes) is 12. The molecule has 10 aromatic rings. The summed E-state index contributed by atoms with van der Waals surface area (Å²) in [5.74, 6) is 7.31. The highest BCUT2D eigenvalue weighted by molar-refractivity contribution is 5.49. The van der Waals surface area contributed by atoms with E-state index < -0.39 is 0 Å². The fraction of sp³-hybridized carbons (Fsp3) is 0.348. The Morgan fingerprint density at radius 3 is 0.388 bits per heavy atom. The van der Waals surface area contributed by atoms with Gasteiger partial charge in [0, 0.05) is 109 Å². The van der Waals surface area contributed by atoms with E-state index in [1.807, 2.05) is 351 Å². The van der Waals surface area contributed by atoms with Crippen LogP contribution in [0, 0.1) is 0 Å². The molecule has 0 aliphatic carbocycles. The van der Waals surface area contributed by atoms with E-state index in [0.717, 1.165) is 224 Å². The van der Waals surface area contributed by atoms with Crippen molar-refractivity contribution in [1.82, 2.24) is 40.1 Å². The summed E-state index contributed by atoms with van der Waals surface area (Å²) < 4.78 is 30.0. The lowest BCUT2D eigenvalue weighted by Crippen LogP contribution is -2.13. The molecule has 0 radical (unpaired) electrons. The standard InChI is InChI=1S/C92H114N24O5/c1-109(101-93-75-35-51-85(52-36-75)117-83-31-19-17-20-32-83)67-23-9-11-25-69-111(3)103-95-77-39-55-87(56-40-77)119-89-59-43-79(44-60-89)97-105-113(5)71-27-13-15-29-73-115(7)107-99-81-47-63-91(64-48-81)121-92-65-49-82(50-66-92)100-108-116(8)74-30-16-14-28-72-114(6)106-98-80-45-61-90(62-46-80)120-88-57-41-78(42-58-88)96-104-112(4)70-26-12-10-24-68-110(2)102-94-76-37-53-86(54-38-76)118-84-33-21-18-22-34-84/h17-22,31-66H,9-16,23-30,67-74H2,1-8H3. The molecular formula is C92H114N24O5. The Morgan fingerprint density at radius 2 is 0.264 bits per heavy atom. The van der Waals surface area contributed by atoms with Crippen molar-refractivity contribution >= 4 is 45.5 Å². The fourth-order valence-electron chi connectivity index (χ4n) is 11.8. The van der Waals surface area contributed by atoms with E-state index in [9.17, 15) is 0 Å². The second-order valence-corrected chi connectivity index (χ2v) is 29.3. The van der Waals surface area contributed by atoms with Crippen LogP contribution in [-0.2, 0) is 0 Å². The summed E-state index contributed by atoms with van der Waals surface area (Å²) in [6.07, 6.45) is 16.7. The van der Waals surface area contributed by atoms with E-state index >= 15 is 0 Å². The highest BCUT2D eigenvalue weighted by atomic mass is 16.5. The predicted molar refractivity (Wildman–Crippen MR) is 476 cm³/mol. The van der Waals surface area contributed by atoms with Gasteiger partial charge < -0.3 is 23.7 Å². The number of rotatable bonds is 54. The van der Waals surface area contributed by atoms with Gasteiger partial charge in [0.25, 0.3) is 0 Å². The minimum Gasteiger partial charge on any atom is -0.457 e. The quantitative estimate of drug-likeness (QED) is 0.0195. The van der Waals surface area contributed by atoms with Crippen molar-refractivity contribution in [2.75, 3.05) is 109 Å². The number of para-hydroxylation sites is 2. The zero-order chi connectivity index (χ0) is 84.5. The molecule has 0 bridgehead atoms. The SMILES string of the molecule is CN(CCCCCCN(C)N=Nc1ccc(Oc2ccc(N=NN(C)CCCCCCN(C)N=Nc3ccc(Oc4ccc(N=NN(C)CCCCCCN(C)N=Nc5ccc(Oc6ccc(N=NN(C)CCCCCCN(C)N=Nc7ccc(Oc8ccccc8)cc7)cc6)cc5)cc4)cc3)cc2)cc1)N=Nc1ccc(Oc2ccccc2)cc1. The van der Waals surface area contributed by atoms with Crippen LogP contribution in [0.2, 0.25) is 0 Å². The summed E-state index contributed by atoms with van der Waals surface area (Å²) in [5.41, 5.74) is 6.02. The van der Waals surface area contributed by atoms with Crippen LogP contribution in [0.1, 0.15) is 103 Å². The maximum absolute atomic E-state index is 6.11. The number of benzene rings is 10. The smallest absolute Gasteiger partial charge is 0.127 e. The average molecular weight is 1640 g/mol. The van der Waals surface area contributed by atoms with Crippen LogP contribution in [0.5, 0.6) is 57.5 Å². The van der Waals surface area contributed by atoms with Gasteiger partial charge in [-0.3, -0.25) is 40.1 Å². The number of hydrogen-bond acceptors (Lipinski definition) is 21. The van der Waals surface area contributed by atoms with Gasteiger partial charge in [0.15, 0.2) is 0 Å². The van der Waals surface area contributed by atoms with E-state index in [4.69, 9.17) is 23.7 Å². The highest BCUT2D eigenvalue weighted by Gasteiger charge is 2.09. The van der Waals surface area contributed by atoms with Crippen molar-refractivity contribution in [2.24, 2.45) is 82.7 Å². The van der Waals surface area contributed by atoms with Crippen LogP contribution in [0.25, 0.3) is 0 Å². The fourth-order valence-corrected chi connectivity index (χ4v) is 11.8. The van der Waals surface area contributed by atoms with Gasteiger partial charge in [0.05, 0.1) is 45.5 Å². The van der Waals surface area contributed by atoms with Gasteiger partial charge in [0.1, 0.15) is 57.5 Å². The normalized spacial score (nSPS) is 11.7. The Balaban J connectivity index is 0.492. The molecule has 0 aliphatic rings. The van der Waals surface area contributed by atoms with Crippen molar-refractivity contribution in [3.8, 4) is 57.5 Å². The molecule has 0 aliphatic heterocycles. The molecule has 0 N–H and O–H groups in total. The van der Waals surface area contributed by atoms with Gasteiger partial charge in [-0.15, -0.1) is 40.9 Å². The molecule has 10 aromatic carbocycles. The maximum atomic E-state index is 6.11. The van der Waals surface area contributed by atoms with E-state index in [0.29, 0.717) is 34.5 Å². The van der Waals surface area contributed by atoms with E-state index in [1.165, 1.54) is 0 Å². The van der Waals surface area contributed by atoms with Crippen LogP contribution in [-0.4, -0.2) is 149 Å². The summed E-state index contributed by atoms with van der Waals surface area (Å²) in [7, 11) is 15.6. The van der Waals surface area contributed by atoms with E-state index in [-0.39, 0.29) is 0 Å². The molecule has 0 heterocycles. The van der Waals surface area contributed by atoms with Gasteiger partial charge in [-0.05, 0) is 270 Å². The molecule has 0 unspecified atom stereocenters. The van der Waals surface area contributed by atoms with Crippen molar-refractivity contribution in [2.45, 2.75) is 103 Å². The van der Waals surface area contributed by atoms with Crippen LogP contribution in [0.15, 0.2) is 337 Å². The third kappa shape index (κ3) is 36.4. The second kappa shape index (κ2) is 51.6. The monoisotopic (exact) mass is 1630 g/mol. The molecular weight excluding hydrogens is 1520 g/mol. The first-order chi connectivity index (χ1) is 59.2. The Hall–Kier alpha value is -13.6. The summed E-state index contributed by atoms with van der Waals surface area (Å²) in [4.78, 5) is 0. The molecule has 29 nitrogen and oxygen atoms in total. The first-order valence-electron chi connectivity index (χ1n) is 41.5. The van der Waals surface area contributed by atoms with Crippen LogP contribution in [0.4, 0.5) is 45.5 Å². The van der Waals surface area contributed by atoms with Gasteiger partial charge in [-0.1, -0.05) is 130 Å². The highest BCUT2D eigenvalue weighted by Crippen LogP contribution is 2.32. The summed E-state index contributed by atoms with van der Waals surface area (Å²) >= 11 is 0. The lowest BCUT2D eigenvalue weighted by atomic mass is 10.2. The Bertz CT molecular complexity index is 4480. The number of nitrogens with zero attached hydrogens (tertiary/aromatic N) is 24. The van der Waals surface area contributed by atoms with Gasteiger partial charge in [-0.25, -0.2) is 0 Å². The van der Waals surface area contributed by atoms with Crippen LogP contribution in [0.3, 0.4) is 0 Å². The van der Waals surface area contributed by atoms with Gasteiger partial charge in [-0.2, -0.15) is 0 Å². The van der Waals surface area contributed by atoms with Gasteiger partial charge in [0.2, 0.25) is 0 Å². The van der Waals surface area contributed by atoms with Gasteiger partial charge >= 0.3 is 0 Å². The molecule has 0 aromatic heterocycles. The molecule has 0 saturated heterocycles. The zero-order valence-corrected chi connectivity index (χ0v) is 71.0. The molecule has 0 spiro atoms. The Kier molecular flexibility index (Phi) is 38.2. The minimum atomic E-state index is 0.697. The van der Waals surface area contributed by atoms with Crippen molar-refractivity contribution < 1.29 is 23.7 Å². The zero-order valence-electron chi connectivity index (χ0n) is 71.0. The Labute approximate surface area is 712 Å². The third-order valence-corrected chi connectivity index (χ3v) is 18.7. The largest absolute Gasteiger partial charge is 0.457 e. The summed E-state index contributed by atoms with van der Waals surface area (Å²) in [6, 6.07) is 79.9. The first-order valence-corrected chi connectivity index (χ1v) is 41.5. The lowest BCUT2D eigenvalue weighted by Gasteiger charge is -2.13. The summed E-state index contributed by atoms with van der Waals surface area (Å²) in [5, 5.41) is 85.4. The van der Waals surface area contributed by atoms with E-state index in [2.05, 4.69) is 82.7 Å². The Morgan fingerprint density at radius 1 is 0.149 bits per heavy atom. The second-order valence-electron chi connectivity index (χ2n) is 29.3. The molecule has 0 saturated carbocycles. The van der Waals surface area contributed by atoms with Crippen LogP contribution >= 0.6 is 0 Å².